The third-order valence-corrected chi connectivity index (χ3v) is 6.45. The fourth-order valence-electron chi connectivity index (χ4n) is 3.01. The summed E-state index contributed by atoms with van der Waals surface area (Å²) < 4.78 is 26.4. The highest BCUT2D eigenvalue weighted by Crippen LogP contribution is 2.24. The molecule has 0 fully saturated rings. The molecule has 4 rings (SSSR count). The number of fused-ring (bicyclic) bond motifs is 1. The predicted octanol–water partition coefficient (Wildman–Crippen LogP) is 2.59. The maximum Gasteiger partial charge on any atom is 0.294 e. The van der Waals surface area contributed by atoms with Gasteiger partial charge in [-0.05, 0) is 35.9 Å². The van der Waals surface area contributed by atoms with E-state index in [0.717, 1.165) is 0 Å². The number of carbonyl (C=O) groups excluding carboxylic acids is 1. The predicted molar refractivity (Wildman–Crippen MR) is 115 cm³/mol. The minimum absolute atomic E-state index is 0.0298. The van der Waals surface area contributed by atoms with E-state index in [1.165, 1.54) is 36.7 Å². The van der Waals surface area contributed by atoms with E-state index in [1.807, 2.05) is 0 Å². The van der Waals surface area contributed by atoms with Crippen molar-refractivity contribution in [2.45, 2.75) is 16.3 Å². The number of rotatable bonds is 5. The molecule has 31 heavy (non-hydrogen) atoms. The van der Waals surface area contributed by atoms with Crippen LogP contribution in [-0.4, -0.2) is 29.2 Å². The zero-order chi connectivity index (χ0) is 22.0. The number of nitrogens with one attached hydrogen (secondary N) is 1. The minimum atomic E-state index is -4.08. The number of halogens is 1. The third-order valence-electron chi connectivity index (χ3n) is 4.49. The molecule has 0 aliphatic rings. The van der Waals surface area contributed by atoms with E-state index in [4.69, 9.17) is 11.6 Å². The van der Waals surface area contributed by atoms with Crippen LogP contribution >= 0.6 is 11.6 Å². The van der Waals surface area contributed by atoms with Gasteiger partial charge >= 0.3 is 0 Å². The van der Waals surface area contributed by atoms with E-state index in [2.05, 4.69) is 15.5 Å². The third kappa shape index (κ3) is 4.18. The number of nitrogens with zero attached hydrogens (tertiary/aromatic N) is 3. The highest BCUT2D eigenvalue weighted by molar-refractivity contribution is 7.91. The molecule has 0 aliphatic heterocycles. The molecule has 0 atom stereocenters. The molecule has 2 aromatic heterocycles. The lowest BCUT2D eigenvalue weighted by Crippen LogP contribution is -2.37. The van der Waals surface area contributed by atoms with Gasteiger partial charge in [0.2, 0.25) is 15.7 Å². The lowest BCUT2D eigenvalue weighted by atomic mass is 10.1. The van der Waals surface area contributed by atoms with Crippen LogP contribution in [0.25, 0.3) is 10.8 Å². The number of pyridine rings is 1. The number of hydrogen-bond acceptors (Lipinski definition) is 6. The second-order valence-corrected chi connectivity index (χ2v) is 8.89. The number of benzene rings is 2. The van der Waals surface area contributed by atoms with Crippen molar-refractivity contribution in [3.63, 3.8) is 0 Å². The van der Waals surface area contributed by atoms with Crippen LogP contribution in [0.1, 0.15) is 5.56 Å². The summed E-state index contributed by atoms with van der Waals surface area (Å²) in [6.45, 7) is 0. The molecular formula is C21H15ClN4O4S. The van der Waals surface area contributed by atoms with Gasteiger partial charge in [0.15, 0.2) is 5.03 Å². The van der Waals surface area contributed by atoms with Crippen molar-refractivity contribution in [1.29, 1.82) is 0 Å². The summed E-state index contributed by atoms with van der Waals surface area (Å²) >= 11 is 5.85. The van der Waals surface area contributed by atoms with Crippen molar-refractivity contribution >= 4 is 38.1 Å². The summed E-state index contributed by atoms with van der Waals surface area (Å²) in [5.41, 5.74) is 2.40. The summed E-state index contributed by atoms with van der Waals surface area (Å²) in [7, 11) is -4.08. The van der Waals surface area contributed by atoms with E-state index in [-0.39, 0.29) is 27.1 Å². The highest BCUT2D eigenvalue weighted by Gasteiger charge is 2.25. The summed E-state index contributed by atoms with van der Waals surface area (Å²) in [6, 6.07) is 15.5. The Morgan fingerprint density at radius 2 is 1.61 bits per heavy atom. The Labute approximate surface area is 182 Å². The second-order valence-electron chi connectivity index (χ2n) is 6.59. The van der Waals surface area contributed by atoms with Gasteiger partial charge in [-0.2, -0.15) is 0 Å². The Kier molecular flexibility index (Phi) is 5.53. The monoisotopic (exact) mass is 454 g/mol. The van der Waals surface area contributed by atoms with Crippen LogP contribution in [0.5, 0.6) is 0 Å². The summed E-state index contributed by atoms with van der Waals surface area (Å²) in [5.74, 6) is -0.542. The maximum absolute atomic E-state index is 13.2. The quantitative estimate of drug-likeness (QED) is 0.496. The van der Waals surface area contributed by atoms with Gasteiger partial charge in [0.1, 0.15) is 0 Å². The molecule has 10 heteroatoms. The Morgan fingerprint density at radius 3 is 2.29 bits per heavy atom. The van der Waals surface area contributed by atoms with Crippen LogP contribution in [0.4, 0.5) is 0 Å². The zero-order valence-electron chi connectivity index (χ0n) is 15.9. The molecule has 0 bridgehead atoms. The van der Waals surface area contributed by atoms with Crippen LogP contribution in [0.2, 0.25) is 5.02 Å². The van der Waals surface area contributed by atoms with Crippen molar-refractivity contribution in [3.05, 3.63) is 94.0 Å². The van der Waals surface area contributed by atoms with Crippen molar-refractivity contribution < 1.29 is 13.2 Å². The number of carbonyl (C=O) groups is 1. The standard InChI is InChI=1S/C21H15ClN4O4S/c22-15-7-5-14(6-8-15)13-19(27)24-26-21(28)18-4-2-1-3-17(18)20(25-26)31(29,30)16-9-11-23-12-10-16/h1-12H,13H2,(H,24,27). The van der Waals surface area contributed by atoms with Crippen molar-refractivity contribution in [1.82, 2.24) is 14.9 Å². The van der Waals surface area contributed by atoms with Crippen molar-refractivity contribution in [2.24, 2.45) is 0 Å². The van der Waals surface area contributed by atoms with E-state index in [9.17, 15) is 18.0 Å². The Morgan fingerprint density at radius 1 is 0.968 bits per heavy atom. The van der Waals surface area contributed by atoms with Gasteiger partial charge in [-0.25, -0.2) is 13.8 Å². The lowest BCUT2D eigenvalue weighted by Gasteiger charge is -2.12. The minimum Gasteiger partial charge on any atom is -0.273 e. The van der Waals surface area contributed by atoms with Crippen LogP contribution in [0.3, 0.4) is 0 Å². The van der Waals surface area contributed by atoms with E-state index in [1.54, 1.807) is 36.4 Å². The molecule has 0 unspecified atom stereocenters. The van der Waals surface area contributed by atoms with Crippen molar-refractivity contribution in [2.75, 3.05) is 5.43 Å². The Bertz CT molecular complexity index is 1440. The first kappa shape index (κ1) is 20.7. The molecule has 0 radical (unpaired) electrons. The molecule has 0 spiro atoms. The molecule has 0 saturated heterocycles. The fraction of sp³-hybridized carbons (Fsp3) is 0.0476. The molecule has 0 saturated carbocycles. The Hall–Kier alpha value is -3.56. The van der Waals surface area contributed by atoms with Gasteiger partial charge in [-0.15, -0.1) is 9.89 Å². The number of amides is 1. The topological polar surface area (TPSA) is 111 Å². The first-order valence-corrected chi connectivity index (χ1v) is 10.9. The molecule has 1 N–H and O–H groups in total. The molecule has 0 aliphatic carbocycles. The van der Waals surface area contributed by atoms with Crippen LogP contribution in [0.15, 0.2) is 87.8 Å². The van der Waals surface area contributed by atoms with Gasteiger partial charge < -0.3 is 0 Å². The summed E-state index contributed by atoms with van der Waals surface area (Å²) in [6.07, 6.45) is 2.64. The first-order valence-electron chi connectivity index (χ1n) is 9.08. The fourth-order valence-corrected chi connectivity index (χ4v) is 4.49. The van der Waals surface area contributed by atoms with E-state index in [0.29, 0.717) is 15.4 Å². The molecule has 1 amide bonds. The molecule has 8 nitrogen and oxygen atoms in total. The van der Waals surface area contributed by atoms with Gasteiger partial charge in [-0.1, -0.05) is 41.9 Å². The van der Waals surface area contributed by atoms with Gasteiger partial charge in [0.05, 0.1) is 16.7 Å². The number of aromatic nitrogens is 3. The van der Waals surface area contributed by atoms with Crippen LogP contribution in [0, 0.1) is 0 Å². The van der Waals surface area contributed by atoms with Gasteiger partial charge in [0, 0.05) is 22.8 Å². The maximum atomic E-state index is 13.2. The largest absolute Gasteiger partial charge is 0.294 e. The summed E-state index contributed by atoms with van der Waals surface area (Å²) in [5, 5.41) is 4.44. The smallest absolute Gasteiger partial charge is 0.273 e. The van der Waals surface area contributed by atoms with Crippen LogP contribution < -0.4 is 11.0 Å². The number of sulfone groups is 1. The van der Waals surface area contributed by atoms with E-state index >= 15 is 0 Å². The van der Waals surface area contributed by atoms with Crippen molar-refractivity contribution in [3.8, 4) is 0 Å². The average Bonchev–Trinajstić information content (AvgIpc) is 2.78. The van der Waals surface area contributed by atoms with Gasteiger partial charge in [0.25, 0.3) is 5.56 Å². The molecular weight excluding hydrogens is 440 g/mol. The second kappa shape index (κ2) is 8.29. The molecule has 156 valence electrons. The number of hydrogen-bond donors (Lipinski definition) is 1. The summed E-state index contributed by atoms with van der Waals surface area (Å²) in [4.78, 5) is 29.8. The average molecular weight is 455 g/mol. The van der Waals surface area contributed by atoms with Crippen LogP contribution in [-0.2, 0) is 21.1 Å². The van der Waals surface area contributed by atoms with Gasteiger partial charge in [-0.3, -0.25) is 14.6 Å². The molecule has 4 aromatic rings. The van der Waals surface area contributed by atoms with E-state index < -0.39 is 21.3 Å². The SMILES string of the molecule is O=C(Cc1ccc(Cl)cc1)Nn1nc(S(=O)(=O)c2ccncc2)c2ccccc2c1=O. The lowest BCUT2D eigenvalue weighted by molar-refractivity contribution is -0.116. The molecule has 2 heterocycles. The highest BCUT2D eigenvalue weighted by atomic mass is 35.5. The first-order chi connectivity index (χ1) is 14.9. The Balaban J connectivity index is 1.78. The zero-order valence-corrected chi connectivity index (χ0v) is 17.5. The normalized spacial score (nSPS) is 11.4. The molecule has 2 aromatic carbocycles.